The van der Waals surface area contributed by atoms with E-state index in [9.17, 15) is 14.4 Å². The van der Waals surface area contributed by atoms with E-state index in [1.54, 1.807) is 17.8 Å². The summed E-state index contributed by atoms with van der Waals surface area (Å²) in [7, 11) is 0. The summed E-state index contributed by atoms with van der Waals surface area (Å²) in [4.78, 5) is 43.6. The van der Waals surface area contributed by atoms with Crippen LogP contribution >= 0.6 is 0 Å². The topological polar surface area (TPSA) is 113 Å². The van der Waals surface area contributed by atoms with Crippen LogP contribution in [0.5, 0.6) is 0 Å². The Balaban J connectivity index is 1.75. The van der Waals surface area contributed by atoms with Crippen molar-refractivity contribution < 1.29 is 4.79 Å². The van der Waals surface area contributed by atoms with Gasteiger partial charge in [-0.2, -0.15) is 0 Å². The minimum Gasteiger partial charge on any atom is -0.350 e. The molecule has 0 unspecified atom stereocenters. The Morgan fingerprint density at radius 2 is 2.13 bits per heavy atom. The van der Waals surface area contributed by atoms with Crippen LogP contribution < -0.4 is 16.6 Å². The highest BCUT2D eigenvalue weighted by Crippen LogP contribution is 2.17. The quantitative estimate of drug-likeness (QED) is 0.642. The number of H-pyrrole nitrogens is 2. The van der Waals surface area contributed by atoms with Gasteiger partial charge in [-0.1, -0.05) is 12.1 Å². The van der Waals surface area contributed by atoms with Crippen LogP contribution in [-0.4, -0.2) is 25.4 Å². The fraction of sp³-hybridized carbons (Fsp3) is 0.200. The Hall–Kier alpha value is -3.16. The molecule has 1 atom stereocenters. The normalized spacial score (nSPS) is 12.2. The van der Waals surface area contributed by atoms with E-state index < -0.39 is 17.3 Å². The Kier molecular flexibility index (Phi) is 3.80. The maximum Gasteiger partial charge on any atom is 0.325 e. The summed E-state index contributed by atoms with van der Waals surface area (Å²) in [6, 6.07) is 7.04. The fourth-order valence-electron chi connectivity index (χ4n) is 2.31. The zero-order valence-corrected chi connectivity index (χ0v) is 12.4. The lowest BCUT2D eigenvalue weighted by atomic mass is 10.2. The summed E-state index contributed by atoms with van der Waals surface area (Å²) in [6.45, 7) is 1.78. The van der Waals surface area contributed by atoms with E-state index in [0.717, 1.165) is 11.0 Å². The van der Waals surface area contributed by atoms with Gasteiger partial charge in [-0.3, -0.25) is 14.6 Å². The number of imidazole rings is 1. The number of nitrogens with one attached hydrogen (secondary N) is 3. The van der Waals surface area contributed by atoms with Gasteiger partial charge in [0, 0.05) is 12.7 Å². The highest BCUT2D eigenvalue weighted by molar-refractivity contribution is 5.83. The van der Waals surface area contributed by atoms with Crippen LogP contribution in [0.2, 0.25) is 0 Å². The lowest BCUT2D eigenvalue weighted by Crippen LogP contribution is -2.33. The molecule has 3 N–H and O–H groups in total. The second-order valence-corrected chi connectivity index (χ2v) is 5.13. The third-order valence-corrected chi connectivity index (χ3v) is 3.63. The van der Waals surface area contributed by atoms with E-state index in [-0.39, 0.29) is 18.0 Å². The van der Waals surface area contributed by atoms with Crippen LogP contribution in [0.3, 0.4) is 0 Å². The van der Waals surface area contributed by atoms with Crippen LogP contribution in [0.1, 0.15) is 18.5 Å². The van der Waals surface area contributed by atoms with Gasteiger partial charge >= 0.3 is 5.69 Å². The van der Waals surface area contributed by atoms with Crippen LogP contribution in [0, 0.1) is 0 Å². The molecule has 118 valence electrons. The molecule has 2 aromatic heterocycles. The van der Waals surface area contributed by atoms with E-state index in [1.807, 2.05) is 24.3 Å². The lowest BCUT2D eigenvalue weighted by Gasteiger charge is -2.14. The molecule has 3 aromatic rings. The van der Waals surface area contributed by atoms with Crippen molar-refractivity contribution in [3.63, 3.8) is 0 Å². The van der Waals surface area contributed by atoms with Gasteiger partial charge in [-0.25, -0.2) is 9.78 Å². The molecule has 0 aliphatic carbocycles. The summed E-state index contributed by atoms with van der Waals surface area (Å²) in [5.74, 6) is -0.251. The number of nitrogens with zero attached hydrogens (tertiary/aromatic N) is 2. The largest absolute Gasteiger partial charge is 0.350 e. The number of fused-ring (bicyclic) bond motifs is 1. The van der Waals surface area contributed by atoms with Crippen LogP contribution in [0.15, 0.2) is 46.4 Å². The molecule has 8 nitrogen and oxygen atoms in total. The van der Waals surface area contributed by atoms with Gasteiger partial charge in [-0.05, 0) is 19.1 Å². The van der Waals surface area contributed by atoms with Gasteiger partial charge in [0.2, 0.25) is 5.91 Å². The average Bonchev–Trinajstić information content (AvgIpc) is 2.97. The minimum absolute atomic E-state index is 0.0297. The summed E-state index contributed by atoms with van der Waals surface area (Å²) in [6.07, 6.45) is 2.90. The van der Waals surface area contributed by atoms with Gasteiger partial charge in [0.15, 0.2) is 0 Å². The standard InChI is InChI=1S/C15H15N5O3/c1-9(20-8-18-11-4-2-3-5-12(11)20)13(21)16-6-10-7-17-15(23)19-14(10)22/h2-5,7-9H,6H2,1H3,(H,16,21)(H2,17,19,22,23)/t9-/m1/s1. The van der Waals surface area contributed by atoms with Crippen LogP contribution in [0.4, 0.5) is 0 Å². The molecule has 0 aliphatic rings. The average molecular weight is 313 g/mol. The summed E-state index contributed by atoms with van der Waals surface area (Å²) in [5, 5.41) is 2.68. The second kappa shape index (κ2) is 5.91. The SMILES string of the molecule is C[C@H](C(=O)NCc1c[nH]c(=O)[nH]c1=O)n1cnc2ccccc21. The third kappa shape index (κ3) is 2.91. The molecule has 0 fully saturated rings. The number of benzene rings is 1. The van der Waals surface area contributed by atoms with E-state index in [1.165, 1.54) is 6.20 Å². The third-order valence-electron chi connectivity index (χ3n) is 3.63. The number of amides is 1. The Bertz CT molecular complexity index is 969. The lowest BCUT2D eigenvalue weighted by molar-refractivity contribution is -0.123. The van der Waals surface area contributed by atoms with Gasteiger partial charge in [0.1, 0.15) is 6.04 Å². The van der Waals surface area contributed by atoms with Crippen molar-refractivity contribution in [2.24, 2.45) is 0 Å². The molecule has 0 saturated carbocycles. The van der Waals surface area contributed by atoms with Crippen molar-refractivity contribution in [3.05, 3.63) is 63.2 Å². The van der Waals surface area contributed by atoms with Gasteiger partial charge in [0.05, 0.1) is 22.9 Å². The molecule has 3 rings (SSSR count). The molecule has 0 bridgehead atoms. The van der Waals surface area contributed by atoms with Crippen molar-refractivity contribution in [1.29, 1.82) is 0 Å². The fourth-order valence-corrected chi connectivity index (χ4v) is 2.31. The molecule has 8 heteroatoms. The number of carbonyl (C=O) groups is 1. The molecule has 23 heavy (non-hydrogen) atoms. The molecular weight excluding hydrogens is 298 g/mol. The number of rotatable bonds is 4. The van der Waals surface area contributed by atoms with E-state index >= 15 is 0 Å². The maximum absolute atomic E-state index is 12.3. The Labute approximate surface area is 130 Å². The number of aromatic amines is 2. The summed E-state index contributed by atoms with van der Waals surface area (Å²) >= 11 is 0. The molecular formula is C15H15N5O3. The number of para-hydroxylation sites is 2. The van der Waals surface area contributed by atoms with Gasteiger partial charge in [-0.15, -0.1) is 0 Å². The minimum atomic E-state index is -0.580. The predicted molar refractivity (Wildman–Crippen MR) is 84.0 cm³/mol. The maximum atomic E-state index is 12.3. The first kappa shape index (κ1) is 14.8. The number of hydrogen-bond acceptors (Lipinski definition) is 4. The molecule has 1 amide bonds. The first-order chi connectivity index (χ1) is 11.1. The van der Waals surface area contributed by atoms with Gasteiger partial charge in [0.25, 0.3) is 5.56 Å². The summed E-state index contributed by atoms with van der Waals surface area (Å²) in [5.41, 5.74) is 0.847. The highest BCUT2D eigenvalue weighted by atomic mass is 16.2. The van der Waals surface area contributed by atoms with Crippen molar-refractivity contribution in [2.75, 3.05) is 0 Å². The highest BCUT2D eigenvalue weighted by Gasteiger charge is 2.17. The molecule has 0 spiro atoms. The number of carbonyl (C=O) groups excluding carboxylic acids is 1. The monoisotopic (exact) mass is 313 g/mol. The Morgan fingerprint density at radius 1 is 1.35 bits per heavy atom. The van der Waals surface area contributed by atoms with Crippen molar-refractivity contribution in [3.8, 4) is 0 Å². The number of hydrogen-bond donors (Lipinski definition) is 3. The van der Waals surface area contributed by atoms with Gasteiger partial charge < -0.3 is 14.9 Å². The van der Waals surface area contributed by atoms with Crippen LogP contribution in [0.25, 0.3) is 11.0 Å². The molecule has 0 radical (unpaired) electrons. The zero-order valence-electron chi connectivity index (χ0n) is 12.4. The smallest absolute Gasteiger partial charge is 0.325 e. The first-order valence-corrected chi connectivity index (χ1v) is 7.06. The van der Waals surface area contributed by atoms with Crippen molar-refractivity contribution in [1.82, 2.24) is 24.8 Å². The predicted octanol–water partition coefficient (Wildman–Crippen LogP) is 0.290. The Morgan fingerprint density at radius 3 is 2.91 bits per heavy atom. The molecule has 2 heterocycles. The van der Waals surface area contributed by atoms with Crippen molar-refractivity contribution >= 4 is 16.9 Å². The number of aromatic nitrogens is 4. The zero-order chi connectivity index (χ0) is 16.4. The molecule has 0 aliphatic heterocycles. The molecule has 0 saturated heterocycles. The van der Waals surface area contributed by atoms with E-state index in [2.05, 4.69) is 20.3 Å². The summed E-state index contributed by atoms with van der Waals surface area (Å²) < 4.78 is 1.77. The molecule has 1 aromatic carbocycles. The van der Waals surface area contributed by atoms with Crippen molar-refractivity contribution in [2.45, 2.75) is 19.5 Å². The van der Waals surface area contributed by atoms with Crippen LogP contribution in [-0.2, 0) is 11.3 Å². The van der Waals surface area contributed by atoms with E-state index in [0.29, 0.717) is 0 Å². The first-order valence-electron chi connectivity index (χ1n) is 7.06. The second-order valence-electron chi connectivity index (χ2n) is 5.13. The van der Waals surface area contributed by atoms with E-state index in [4.69, 9.17) is 0 Å².